The summed E-state index contributed by atoms with van der Waals surface area (Å²) in [7, 11) is 0. The Morgan fingerprint density at radius 3 is 3.06 bits per heavy atom. The molecule has 2 rings (SSSR count). The molecule has 0 bridgehead atoms. The fourth-order valence-corrected chi connectivity index (χ4v) is 1.93. The number of hydrogen-bond donors (Lipinski definition) is 0. The van der Waals surface area contributed by atoms with E-state index in [-0.39, 0.29) is 5.97 Å². The molecular weight excluding hydrogens is 252 g/mol. The van der Waals surface area contributed by atoms with Gasteiger partial charge in [0.25, 0.3) is 0 Å². The van der Waals surface area contributed by atoms with Gasteiger partial charge >= 0.3 is 5.97 Å². The van der Waals surface area contributed by atoms with E-state index in [9.17, 15) is 4.79 Å². The molecule has 1 aromatic carbocycles. The van der Waals surface area contributed by atoms with Gasteiger partial charge in [0, 0.05) is 12.4 Å². The highest BCUT2D eigenvalue weighted by Gasteiger charge is 2.09. The molecule has 5 heteroatoms. The fourth-order valence-electron chi connectivity index (χ4n) is 1.81. The second-order valence-electron chi connectivity index (χ2n) is 3.90. The van der Waals surface area contributed by atoms with Crippen molar-refractivity contribution in [3.05, 3.63) is 30.1 Å². The number of aryl methyl sites for hydroxylation is 1. The van der Waals surface area contributed by atoms with Crippen molar-refractivity contribution in [2.45, 2.75) is 19.9 Å². The third kappa shape index (κ3) is 2.64. The molecule has 18 heavy (non-hydrogen) atoms. The number of carbonyl (C=O) groups excluding carboxylic acids is 1. The Balaban J connectivity index is 2.27. The van der Waals surface area contributed by atoms with Gasteiger partial charge in [-0.15, -0.1) is 11.6 Å². The predicted molar refractivity (Wildman–Crippen MR) is 71.0 cm³/mol. The highest BCUT2D eigenvalue weighted by molar-refractivity contribution is 6.17. The standard InChI is InChI=1S/C13H15ClN2O2/c1-2-18-13(17)10-4-5-12-11(8-10)15-9-16(12)7-3-6-14/h4-5,8-9H,2-3,6-7H2,1H3. The van der Waals surface area contributed by atoms with E-state index in [1.54, 1.807) is 25.4 Å². The van der Waals surface area contributed by atoms with Gasteiger partial charge in [-0.2, -0.15) is 0 Å². The average Bonchev–Trinajstić information content (AvgIpc) is 2.79. The highest BCUT2D eigenvalue weighted by Crippen LogP contribution is 2.16. The highest BCUT2D eigenvalue weighted by atomic mass is 35.5. The number of benzene rings is 1. The van der Waals surface area contributed by atoms with Crippen LogP contribution >= 0.6 is 11.6 Å². The number of ether oxygens (including phenoxy) is 1. The van der Waals surface area contributed by atoms with Gasteiger partial charge < -0.3 is 9.30 Å². The van der Waals surface area contributed by atoms with E-state index in [0.717, 1.165) is 24.0 Å². The Hall–Kier alpha value is -1.55. The first-order valence-electron chi connectivity index (χ1n) is 5.94. The number of hydrogen-bond acceptors (Lipinski definition) is 3. The third-order valence-electron chi connectivity index (χ3n) is 2.66. The Morgan fingerprint density at radius 2 is 2.33 bits per heavy atom. The molecule has 0 unspecified atom stereocenters. The Bertz CT molecular complexity index is 551. The summed E-state index contributed by atoms with van der Waals surface area (Å²) in [6.07, 6.45) is 2.67. The van der Waals surface area contributed by atoms with Gasteiger partial charge in [-0.05, 0) is 31.5 Å². The Morgan fingerprint density at radius 1 is 1.50 bits per heavy atom. The van der Waals surface area contributed by atoms with Gasteiger partial charge in [0.2, 0.25) is 0 Å². The van der Waals surface area contributed by atoms with Gasteiger partial charge in [0.1, 0.15) is 0 Å². The number of nitrogens with zero attached hydrogens (tertiary/aromatic N) is 2. The van der Waals surface area contributed by atoms with E-state index in [1.807, 2.05) is 10.6 Å². The van der Waals surface area contributed by atoms with Crippen LogP contribution < -0.4 is 0 Å². The quantitative estimate of drug-likeness (QED) is 0.617. The Kier molecular flexibility index (Phi) is 4.20. The molecule has 0 aliphatic carbocycles. The van der Waals surface area contributed by atoms with Crippen molar-refractivity contribution in [3.63, 3.8) is 0 Å². The van der Waals surface area contributed by atoms with Gasteiger partial charge in [-0.3, -0.25) is 0 Å². The van der Waals surface area contributed by atoms with E-state index in [4.69, 9.17) is 16.3 Å². The topological polar surface area (TPSA) is 44.1 Å². The molecule has 96 valence electrons. The number of fused-ring (bicyclic) bond motifs is 1. The molecule has 0 atom stereocenters. The minimum atomic E-state index is -0.310. The summed E-state index contributed by atoms with van der Waals surface area (Å²) >= 11 is 5.68. The first-order chi connectivity index (χ1) is 8.76. The fraction of sp³-hybridized carbons (Fsp3) is 0.385. The van der Waals surface area contributed by atoms with Crippen molar-refractivity contribution in [3.8, 4) is 0 Å². The first kappa shape index (κ1) is 12.9. The van der Waals surface area contributed by atoms with E-state index in [2.05, 4.69) is 4.98 Å². The molecule has 1 heterocycles. The zero-order valence-corrected chi connectivity index (χ0v) is 11.0. The molecule has 0 radical (unpaired) electrons. The molecule has 4 nitrogen and oxygen atoms in total. The Labute approximate surface area is 111 Å². The van der Waals surface area contributed by atoms with Crippen LogP contribution in [0.3, 0.4) is 0 Å². The van der Waals surface area contributed by atoms with Gasteiger partial charge in [-0.1, -0.05) is 0 Å². The van der Waals surface area contributed by atoms with Crippen LogP contribution in [-0.4, -0.2) is 28.0 Å². The number of carbonyl (C=O) groups is 1. The molecule has 0 fully saturated rings. The molecule has 2 aromatic rings. The summed E-state index contributed by atoms with van der Waals surface area (Å²) in [5.74, 6) is 0.315. The lowest BCUT2D eigenvalue weighted by molar-refractivity contribution is 0.0526. The molecule has 0 spiro atoms. The van der Waals surface area contributed by atoms with E-state index < -0.39 is 0 Å². The number of esters is 1. The van der Waals surface area contributed by atoms with Crippen LogP contribution in [-0.2, 0) is 11.3 Å². The number of rotatable bonds is 5. The summed E-state index contributed by atoms with van der Waals surface area (Å²) in [6.45, 7) is 3.00. The molecule has 0 saturated carbocycles. The molecule has 0 saturated heterocycles. The van der Waals surface area contributed by atoms with Gasteiger partial charge in [0.05, 0.1) is 29.5 Å². The second kappa shape index (κ2) is 5.87. The normalized spacial score (nSPS) is 10.8. The lowest BCUT2D eigenvalue weighted by atomic mass is 10.2. The maximum absolute atomic E-state index is 11.6. The van der Waals surface area contributed by atoms with Crippen molar-refractivity contribution in [1.29, 1.82) is 0 Å². The summed E-state index contributed by atoms with van der Waals surface area (Å²) in [4.78, 5) is 15.9. The number of halogens is 1. The molecule has 1 aromatic heterocycles. The van der Waals surface area contributed by atoms with E-state index in [0.29, 0.717) is 18.1 Å². The van der Waals surface area contributed by atoms with Crippen molar-refractivity contribution in [2.75, 3.05) is 12.5 Å². The zero-order valence-electron chi connectivity index (χ0n) is 10.2. The monoisotopic (exact) mass is 266 g/mol. The number of imidazole rings is 1. The SMILES string of the molecule is CCOC(=O)c1ccc2c(c1)ncn2CCCCl. The number of aromatic nitrogens is 2. The van der Waals surface area contributed by atoms with Crippen LogP contribution in [0.2, 0.25) is 0 Å². The van der Waals surface area contributed by atoms with Gasteiger partial charge in [0.15, 0.2) is 0 Å². The van der Waals surface area contributed by atoms with E-state index in [1.165, 1.54) is 0 Å². The van der Waals surface area contributed by atoms with Crippen LogP contribution in [0.25, 0.3) is 11.0 Å². The summed E-state index contributed by atoms with van der Waals surface area (Å²) in [5, 5.41) is 0. The summed E-state index contributed by atoms with van der Waals surface area (Å²) < 4.78 is 6.99. The molecule has 0 aliphatic rings. The second-order valence-corrected chi connectivity index (χ2v) is 4.28. The predicted octanol–water partition coefficient (Wildman–Crippen LogP) is 2.84. The summed E-state index contributed by atoms with van der Waals surface area (Å²) in [5.41, 5.74) is 2.34. The minimum Gasteiger partial charge on any atom is -0.462 e. The van der Waals surface area contributed by atoms with Gasteiger partial charge in [-0.25, -0.2) is 9.78 Å². The van der Waals surface area contributed by atoms with E-state index >= 15 is 0 Å². The first-order valence-corrected chi connectivity index (χ1v) is 6.47. The number of alkyl halides is 1. The average molecular weight is 267 g/mol. The van der Waals surface area contributed by atoms with Crippen molar-refractivity contribution in [1.82, 2.24) is 9.55 Å². The smallest absolute Gasteiger partial charge is 0.338 e. The van der Waals surface area contributed by atoms with Crippen LogP contribution in [0.4, 0.5) is 0 Å². The molecule has 0 aliphatic heterocycles. The van der Waals surface area contributed by atoms with Crippen LogP contribution in [0, 0.1) is 0 Å². The minimum absolute atomic E-state index is 0.310. The lowest BCUT2D eigenvalue weighted by Crippen LogP contribution is -2.04. The summed E-state index contributed by atoms with van der Waals surface area (Å²) in [6, 6.07) is 5.41. The van der Waals surface area contributed by atoms with Crippen LogP contribution in [0.15, 0.2) is 24.5 Å². The van der Waals surface area contributed by atoms with Crippen LogP contribution in [0.1, 0.15) is 23.7 Å². The third-order valence-corrected chi connectivity index (χ3v) is 2.93. The molecule has 0 N–H and O–H groups in total. The molecule has 0 amide bonds. The van der Waals surface area contributed by atoms with Crippen molar-refractivity contribution in [2.24, 2.45) is 0 Å². The maximum Gasteiger partial charge on any atom is 0.338 e. The largest absolute Gasteiger partial charge is 0.462 e. The molecular formula is C13H15ClN2O2. The lowest BCUT2D eigenvalue weighted by Gasteiger charge is -2.04. The van der Waals surface area contributed by atoms with Crippen LogP contribution in [0.5, 0.6) is 0 Å². The maximum atomic E-state index is 11.6. The zero-order chi connectivity index (χ0) is 13.0. The van der Waals surface area contributed by atoms with Crippen molar-refractivity contribution < 1.29 is 9.53 Å². The van der Waals surface area contributed by atoms with Crippen molar-refractivity contribution >= 4 is 28.6 Å².